The summed E-state index contributed by atoms with van der Waals surface area (Å²) >= 11 is 0. The fraction of sp³-hybridized carbons (Fsp3) is 0.786. The number of hydrogen-bond acceptors (Lipinski definition) is 6. The molecule has 0 fully saturated rings. The molecule has 0 aromatic carbocycles. The summed E-state index contributed by atoms with van der Waals surface area (Å²) in [6, 6.07) is 0. The Morgan fingerprint density at radius 1 is 1.09 bits per heavy atom. The molecule has 0 bridgehead atoms. The predicted molar refractivity (Wildman–Crippen MR) is 85.4 cm³/mol. The molecular weight excluding hydrogens is 324 g/mol. The average molecular weight is 350 g/mol. The molecular formula is C14H26N2O6S. The van der Waals surface area contributed by atoms with Gasteiger partial charge in [0.1, 0.15) is 0 Å². The predicted octanol–water partition coefficient (Wildman–Crippen LogP) is -0.0133. The van der Waals surface area contributed by atoms with Crippen LogP contribution in [-0.2, 0) is 24.2 Å². The molecule has 1 amide bonds. The Kier molecular flexibility index (Phi) is 8.39. The van der Waals surface area contributed by atoms with Crippen molar-refractivity contribution in [2.45, 2.75) is 63.2 Å². The lowest BCUT2D eigenvalue weighted by Crippen LogP contribution is -2.63. The van der Waals surface area contributed by atoms with Gasteiger partial charge in [-0.25, -0.2) is 8.42 Å². The van der Waals surface area contributed by atoms with E-state index in [0.29, 0.717) is 25.7 Å². The number of carbonyl (C=O) groups is 3. The first-order chi connectivity index (χ1) is 10.5. The molecule has 1 atom stereocenters. The first-order valence-corrected chi connectivity index (χ1v) is 9.28. The summed E-state index contributed by atoms with van der Waals surface area (Å²) in [6.45, 7) is 3.67. The third kappa shape index (κ3) is 6.26. The molecule has 8 nitrogen and oxygen atoms in total. The summed E-state index contributed by atoms with van der Waals surface area (Å²) in [5.74, 6) is -4.37. The third-order valence-electron chi connectivity index (χ3n) is 3.66. The van der Waals surface area contributed by atoms with Gasteiger partial charge in [0.25, 0.3) is 0 Å². The molecule has 0 unspecified atom stereocenters. The minimum atomic E-state index is -3.83. The second-order valence-corrected chi connectivity index (χ2v) is 7.94. The Hall–Kier alpha value is -1.48. The van der Waals surface area contributed by atoms with Crippen molar-refractivity contribution in [2.24, 2.45) is 11.5 Å². The highest BCUT2D eigenvalue weighted by atomic mass is 32.2. The van der Waals surface area contributed by atoms with Crippen LogP contribution in [0, 0.1) is 0 Å². The molecule has 0 radical (unpaired) electrons. The fourth-order valence-corrected chi connectivity index (χ4v) is 4.68. The molecule has 134 valence electrons. The van der Waals surface area contributed by atoms with Gasteiger partial charge >= 0.3 is 5.97 Å². The lowest BCUT2D eigenvalue weighted by Gasteiger charge is -2.26. The number of aliphatic carboxylic acids is 1. The van der Waals surface area contributed by atoms with Gasteiger partial charge in [-0.1, -0.05) is 26.7 Å². The molecule has 0 spiro atoms. The molecule has 0 aromatic heterocycles. The van der Waals surface area contributed by atoms with Crippen LogP contribution in [0.5, 0.6) is 0 Å². The van der Waals surface area contributed by atoms with Gasteiger partial charge < -0.3 is 16.6 Å². The van der Waals surface area contributed by atoms with Crippen LogP contribution in [0.25, 0.3) is 0 Å². The van der Waals surface area contributed by atoms with Gasteiger partial charge in [-0.15, -0.1) is 0 Å². The van der Waals surface area contributed by atoms with E-state index in [4.69, 9.17) is 16.6 Å². The smallest absolute Gasteiger partial charge is 0.303 e. The van der Waals surface area contributed by atoms with Gasteiger partial charge in [-0.05, 0) is 12.8 Å². The Labute approximate surface area is 136 Å². The number of Topliss-reactive ketones (excluding diaryl/α,β-unsaturated/α-hetero) is 1. The number of ketones is 1. The molecule has 0 aromatic rings. The SMILES string of the molecule is CCCC(CCC)S(=O)(=O)C[C@](N)(C(N)=O)C(=O)CCC(=O)O. The molecule has 0 aliphatic rings. The van der Waals surface area contributed by atoms with Crippen molar-refractivity contribution in [2.75, 3.05) is 5.75 Å². The van der Waals surface area contributed by atoms with Gasteiger partial charge in [0.15, 0.2) is 21.2 Å². The Morgan fingerprint density at radius 2 is 1.57 bits per heavy atom. The van der Waals surface area contributed by atoms with E-state index in [1.54, 1.807) is 0 Å². The van der Waals surface area contributed by atoms with E-state index in [1.165, 1.54) is 0 Å². The van der Waals surface area contributed by atoms with Crippen molar-refractivity contribution in [3.8, 4) is 0 Å². The first-order valence-electron chi connectivity index (χ1n) is 7.56. The second-order valence-electron chi connectivity index (χ2n) is 5.66. The van der Waals surface area contributed by atoms with Gasteiger partial charge in [-0.2, -0.15) is 0 Å². The maximum Gasteiger partial charge on any atom is 0.303 e. The number of carboxylic acid groups (broad SMARTS) is 1. The zero-order chi connectivity index (χ0) is 18.3. The van der Waals surface area contributed by atoms with Crippen molar-refractivity contribution in [1.29, 1.82) is 0 Å². The van der Waals surface area contributed by atoms with Crippen LogP contribution < -0.4 is 11.5 Å². The van der Waals surface area contributed by atoms with E-state index >= 15 is 0 Å². The molecule has 0 saturated carbocycles. The third-order valence-corrected chi connectivity index (χ3v) is 6.01. The Morgan fingerprint density at radius 3 is 1.91 bits per heavy atom. The van der Waals surface area contributed by atoms with E-state index in [0.717, 1.165) is 0 Å². The van der Waals surface area contributed by atoms with Crippen LogP contribution in [0.3, 0.4) is 0 Å². The molecule has 0 aliphatic heterocycles. The van der Waals surface area contributed by atoms with E-state index < -0.39 is 56.9 Å². The number of primary amides is 1. The number of nitrogens with two attached hydrogens (primary N) is 2. The van der Waals surface area contributed by atoms with Gasteiger partial charge in [0.05, 0.1) is 17.4 Å². The highest BCUT2D eigenvalue weighted by Gasteiger charge is 2.45. The van der Waals surface area contributed by atoms with Crippen LogP contribution in [0.2, 0.25) is 0 Å². The molecule has 0 saturated heterocycles. The molecule has 0 heterocycles. The maximum atomic E-state index is 12.5. The van der Waals surface area contributed by atoms with Crippen molar-refractivity contribution >= 4 is 27.5 Å². The average Bonchev–Trinajstić information content (AvgIpc) is 2.43. The lowest BCUT2D eigenvalue weighted by molar-refractivity contribution is -0.140. The zero-order valence-corrected chi connectivity index (χ0v) is 14.4. The number of carbonyl (C=O) groups excluding carboxylic acids is 2. The van der Waals surface area contributed by atoms with E-state index in [9.17, 15) is 22.8 Å². The van der Waals surface area contributed by atoms with Crippen molar-refractivity contribution in [3.05, 3.63) is 0 Å². The van der Waals surface area contributed by atoms with Crippen LogP contribution >= 0.6 is 0 Å². The molecule has 9 heteroatoms. The summed E-state index contributed by atoms with van der Waals surface area (Å²) in [5.41, 5.74) is 8.43. The number of sulfone groups is 1. The molecule has 0 rings (SSSR count). The van der Waals surface area contributed by atoms with E-state index in [1.807, 2.05) is 13.8 Å². The quantitative estimate of drug-likeness (QED) is 0.417. The molecule has 0 aliphatic carbocycles. The summed E-state index contributed by atoms with van der Waals surface area (Å²) in [4.78, 5) is 34.2. The first kappa shape index (κ1) is 21.5. The zero-order valence-electron chi connectivity index (χ0n) is 13.6. The summed E-state index contributed by atoms with van der Waals surface area (Å²) in [5, 5.41) is 7.90. The number of hydrogen-bond donors (Lipinski definition) is 3. The van der Waals surface area contributed by atoms with Crippen LogP contribution in [0.1, 0.15) is 52.4 Å². The van der Waals surface area contributed by atoms with Crippen molar-refractivity contribution in [3.63, 3.8) is 0 Å². The molecule has 5 N–H and O–H groups in total. The lowest BCUT2D eigenvalue weighted by atomic mass is 9.93. The van der Waals surface area contributed by atoms with Crippen LogP contribution in [0.15, 0.2) is 0 Å². The topological polar surface area (TPSA) is 158 Å². The fourth-order valence-electron chi connectivity index (χ4n) is 2.32. The standard InChI is InChI=1S/C14H26N2O6S/c1-3-5-10(6-4-2)23(21,22)9-14(16,13(15)20)11(17)7-8-12(18)19/h10H,3-9,16H2,1-2H3,(H2,15,20)(H,18,19)/t14-/m1/s1. The number of rotatable bonds is 12. The number of amides is 1. The highest BCUT2D eigenvalue weighted by molar-refractivity contribution is 7.92. The van der Waals surface area contributed by atoms with Crippen LogP contribution in [0.4, 0.5) is 0 Å². The minimum Gasteiger partial charge on any atom is -0.481 e. The largest absolute Gasteiger partial charge is 0.481 e. The van der Waals surface area contributed by atoms with Gasteiger partial charge in [-0.3, -0.25) is 14.4 Å². The van der Waals surface area contributed by atoms with E-state index in [2.05, 4.69) is 0 Å². The monoisotopic (exact) mass is 350 g/mol. The van der Waals surface area contributed by atoms with Crippen molar-refractivity contribution in [1.82, 2.24) is 0 Å². The normalized spacial score (nSPS) is 14.4. The van der Waals surface area contributed by atoms with Gasteiger partial charge in [0, 0.05) is 6.42 Å². The van der Waals surface area contributed by atoms with Crippen LogP contribution in [-0.4, -0.2) is 47.7 Å². The highest BCUT2D eigenvalue weighted by Crippen LogP contribution is 2.20. The minimum absolute atomic E-state index is 0.397. The summed E-state index contributed by atoms with van der Waals surface area (Å²) < 4.78 is 25.0. The molecule has 23 heavy (non-hydrogen) atoms. The van der Waals surface area contributed by atoms with E-state index in [-0.39, 0.29) is 0 Å². The van der Waals surface area contributed by atoms with Crippen molar-refractivity contribution < 1.29 is 27.9 Å². The number of carboxylic acids is 1. The second kappa shape index (κ2) is 8.97. The Balaban J connectivity index is 5.42. The maximum absolute atomic E-state index is 12.5. The summed E-state index contributed by atoms with van der Waals surface area (Å²) in [6.07, 6.45) is 0.966. The van der Waals surface area contributed by atoms with Gasteiger partial charge in [0.2, 0.25) is 5.91 Å². The Bertz CT molecular complexity index is 539. The summed E-state index contributed by atoms with van der Waals surface area (Å²) in [7, 11) is -3.83.